The first-order valence-corrected chi connectivity index (χ1v) is 14.6. The fourth-order valence-corrected chi connectivity index (χ4v) is 9.85. The molecule has 0 aromatic carbocycles. The Labute approximate surface area is 209 Å². The van der Waals surface area contributed by atoms with Crippen molar-refractivity contribution < 1.29 is 45.9 Å². The van der Waals surface area contributed by atoms with Crippen molar-refractivity contribution in [3.63, 3.8) is 0 Å². The number of halogens is 3. The molecule has 0 aromatic heterocycles. The highest BCUT2D eigenvalue weighted by Gasteiger charge is 2.74. The molecule has 6 saturated carbocycles. The maximum Gasteiger partial charge on any atom is 0.364 e. The van der Waals surface area contributed by atoms with Gasteiger partial charge in [0.25, 0.3) is 0 Å². The molecule has 0 heterocycles. The molecule has 3 atom stereocenters. The summed E-state index contributed by atoms with van der Waals surface area (Å²) in [7, 11) is -6.19. The molecule has 206 valence electrons. The molecule has 36 heavy (non-hydrogen) atoms. The van der Waals surface area contributed by atoms with Gasteiger partial charge in [0.1, 0.15) is 0 Å². The van der Waals surface area contributed by atoms with Crippen LogP contribution in [0.4, 0.5) is 13.2 Å². The van der Waals surface area contributed by atoms with E-state index >= 15 is 0 Å². The van der Waals surface area contributed by atoms with Crippen LogP contribution in [0.25, 0.3) is 0 Å². The number of carbonyl (C=O) groups is 1. The highest BCUT2D eigenvalue weighted by molar-refractivity contribution is 7.86. The molecule has 7 nitrogen and oxygen atoms in total. The minimum atomic E-state index is -6.19. The first kappa shape index (κ1) is 26.7. The second-order valence-corrected chi connectivity index (χ2v) is 14.2. The molecule has 0 radical (unpaired) electrons. The topological polar surface area (TPSA) is 124 Å². The van der Waals surface area contributed by atoms with Gasteiger partial charge in [-0.2, -0.15) is 8.78 Å². The van der Waals surface area contributed by atoms with Crippen molar-refractivity contribution in [3.05, 3.63) is 0 Å². The molecular formula is C25H36F3O7S-. The summed E-state index contributed by atoms with van der Waals surface area (Å²) in [4.78, 5) is 13.6. The van der Waals surface area contributed by atoms with Gasteiger partial charge >= 0.3 is 11.2 Å². The van der Waals surface area contributed by atoms with Gasteiger partial charge < -0.3 is 19.5 Å². The van der Waals surface area contributed by atoms with Crippen LogP contribution in [0.3, 0.4) is 0 Å². The molecule has 0 aromatic rings. The number of carbonyl (C=O) groups excluding carboxylic acids is 1. The smallest absolute Gasteiger partial charge is 0.364 e. The van der Waals surface area contributed by atoms with Crippen LogP contribution in [-0.4, -0.2) is 58.4 Å². The quantitative estimate of drug-likeness (QED) is 0.355. The summed E-state index contributed by atoms with van der Waals surface area (Å²) in [6.07, 6.45) is 5.20. The zero-order valence-electron chi connectivity index (χ0n) is 20.4. The normalized spacial score (nSPS) is 39.9. The largest absolute Gasteiger partial charge is 0.743 e. The van der Waals surface area contributed by atoms with Crippen molar-refractivity contribution in [2.24, 2.45) is 22.2 Å². The van der Waals surface area contributed by atoms with Gasteiger partial charge in [0, 0.05) is 17.3 Å². The molecule has 0 aliphatic heterocycles. The minimum Gasteiger partial charge on any atom is -0.743 e. The van der Waals surface area contributed by atoms with Crippen molar-refractivity contribution in [2.75, 3.05) is 6.61 Å². The van der Waals surface area contributed by atoms with Gasteiger partial charge in [0.15, 0.2) is 16.3 Å². The predicted octanol–water partition coefficient (Wildman–Crippen LogP) is 3.96. The van der Waals surface area contributed by atoms with E-state index < -0.39 is 68.0 Å². The molecule has 4 bridgehead atoms. The van der Waals surface area contributed by atoms with Crippen LogP contribution >= 0.6 is 0 Å². The molecule has 0 amide bonds. The van der Waals surface area contributed by atoms with Crippen LogP contribution in [-0.2, 0) is 19.6 Å². The average molecular weight is 538 g/mol. The van der Waals surface area contributed by atoms with E-state index in [2.05, 4.69) is 0 Å². The summed E-state index contributed by atoms with van der Waals surface area (Å²) < 4.78 is 78.4. The molecule has 6 rings (SSSR count). The van der Waals surface area contributed by atoms with E-state index in [9.17, 15) is 41.1 Å². The van der Waals surface area contributed by atoms with Gasteiger partial charge in [-0.25, -0.2) is 12.8 Å². The summed E-state index contributed by atoms with van der Waals surface area (Å²) in [6.45, 7) is -0.786. The highest BCUT2D eigenvalue weighted by Crippen LogP contribution is 2.77. The van der Waals surface area contributed by atoms with E-state index in [0.29, 0.717) is 51.4 Å². The third-order valence-electron chi connectivity index (χ3n) is 10.6. The van der Waals surface area contributed by atoms with Crippen LogP contribution in [0.1, 0.15) is 96.3 Å². The Kier molecular flexibility index (Phi) is 6.15. The van der Waals surface area contributed by atoms with E-state index in [1.807, 2.05) is 0 Å². The summed E-state index contributed by atoms with van der Waals surface area (Å²) in [5.41, 5.74) is -3.99. The Balaban J connectivity index is 1.41. The summed E-state index contributed by atoms with van der Waals surface area (Å²) in [6, 6.07) is 0. The Morgan fingerprint density at radius 1 is 0.944 bits per heavy atom. The molecule has 6 aliphatic carbocycles. The van der Waals surface area contributed by atoms with Crippen LogP contribution in [0, 0.1) is 22.2 Å². The molecule has 2 N–H and O–H groups in total. The van der Waals surface area contributed by atoms with E-state index in [4.69, 9.17) is 4.74 Å². The SMILES string of the molecule is O=C(OCCC(F)C(F)(F)S(=O)(=O)[O-])C12CC3CC(C4(O)CCCC4)(C1)CC(C1(O)CCCC1)(C3)C2. The Morgan fingerprint density at radius 3 is 1.86 bits per heavy atom. The predicted molar refractivity (Wildman–Crippen MR) is 120 cm³/mol. The van der Waals surface area contributed by atoms with Crippen molar-refractivity contribution in [3.8, 4) is 0 Å². The fraction of sp³-hybridized carbons (Fsp3) is 0.960. The first-order valence-electron chi connectivity index (χ1n) is 13.2. The summed E-state index contributed by atoms with van der Waals surface area (Å²) >= 11 is 0. The number of ether oxygens (including phenoxy) is 1. The second kappa shape index (κ2) is 8.29. The monoisotopic (exact) mass is 537 g/mol. The second-order valence-electron chi connectivity index (χ2n) is 12.7. The van der Waals surface area contributed by atoms with Gasteiger partial charge in [0.05, 0.1) is 23.2 Å². The molecule has 6 aliphatic rings. The lowest BCUT2D eigenvalue weighted by molar-refractivity contribution is -0.273. The van der Waals surface area contributed by atoms with E-state index in [0.717, 1.165) is 38.5 Å². The van der Waals surface area contributed by atoms with Crippen molar-refractivity contribution in [1.82, 2.24) is 0 Å². The van der Waals surface area contributed by atoms with Crippen LogP contribution < -0.4 is 0 Å². The number of hydrogen-bond donors (Lipinski definition) is 2. The van der Waals surface area contributed by atoms with E-state index in [-0.39, 0.29) is 5.92 Å². The van der Waals surface area contributed by atoms with Crippen LogP contribution in [0.15, 0.2) is 0 Å². The maximum atomic E-state index is 13.9. The lowest BCUT2D eigenvalue weighted by Crippen LogP contribution is -2.69. The third kappa shape index (κ3) is 3.77. The standard InChI is InChI=1S/C25H37F3O7S/c26-18(25(27,28)36(32,33)34)5-10-35-19(29)20-11-17-12-21(14-20,23(30)6-1-2-7-23)16-22(13-17,15-20)24(31)8-3-4-9-24/h17-18,30-31H,1-16H2,(H,32,33,34)/p-1. The Hall–Kier alpha value is -0.910. The number of hydrogen-bond acceptors (Lipinski definition) is 7. The summed E-state index contributed by atoms with van der Waals surface area (Å²) in [5, 5.41) is 18.6. The lowest BCUT2D eigenvalue weighted by Gasteiger charge is -2.71. The average Bonchev–Trinajstić information content (AvgIpc) is 3.42. The lowest BCUT2D eigenvalue weighted by atomic mass is 9.34. The molecule has 0 spiro atoms. The maximum absolute atomic E-state index is 13.9. The van der Waals surface area contributed by atoms with Crippen LogP contribution in [0.5, 0.6) is 0 Å². The van der Waals surface area contributed by atoms with Crippen LogP contribution in [0.2, 0.25) is 0 Å². The van der Waals surface area contributed by atoms with E-state index in [1.165, 1.54) is 0 Å². The zero-order chi connectivity index (χ0) is 26.3. The first-order chi connectivity index (χ1) is 16.6. The summed E-state index contributed by atoms with van der Waals surface area (Å²) in [5.74, 6) is -0.559. The van der Waals surface area contributed by atoms with E-state index in [1.54, 1.807) is 0 Å². The highest BCUT2D eigenvalue weighted by atomic mass is 32.2. The van der Waals surface area contributed by atoms with Gasteiger partial charge in [-0.05, 0) is 70.1 Å². The number of esters is 1. The van der Waals surface area contributed by atoms with Crippen molar-refractivity contribution >= 4 is 16.1 Å². The number of alkyl halides is 3. The Bertz CT molecular complexity index is 965. The zero-order valence-corrected chi connectivity index (χ0v) is 21.3. The molecule has 6 fully saturated rings. The molecule has 11 heteroatoms. The van der Waals surface area contributed by atoms with Gasteiger partial charge in [-0.3, -0.25) is 4.79 Å². The fourth-order valence-electron chi connectivity index (χ4n) is 9.42. The van der Waals surface area contributed by atoms with Gasteiger partial charge in [-0.1, -0.05) is 25.7 Å². The minimum absolute atomic E-state index is 0.104. The third-order valence-corrected chi connectivity index (χ3v) is 11.6. The van der Waals surface area contributed by atoms with Crippen molar-refractivity contribution in [1.29, 1.82) is 0 Å². The van der Waals surface area contributed by atoms with Crippen molar-refractivity contribution in [2.45, 2.75) is 119 Å². The molecule has 3 unspecified atom stereocenters. The van der Waals surface area contributed by atoms with Gasteiger partial charge in [-0.15, -0.1) is 0 Å². The number of aliphatic hydroxyl groups is 2. The van der Waals surface area contributed by atoms with Gasteiger partial charge in [0.2, 0.25) is 0 Å². The molecule has 0 saturated heterocycles. The number of rotatable bonds is 8. The Morgan fingerprint density at radius 2 is 1.42 bits per heavy atom. The molecular weight excluding hydrogens is 501 g/mol.